The maximum absolute atomic E-state index is 13.0. The largest absolute Gasteiger partial charge is 0.508 e. The highest BCUT2D eigenvalue weighted by Gasteiger charge is 2.50. The number of hydrogen-bond donors (Lipinski definition) is 1. The molecule has 2 aliphatic rings. The fourth-order valence-electron chi connectivity index (χ4n) is 4.01. The predicted octanol–water partition coefficient (Wildman–Crippen LogP) is 6.01. The number of aliphatic hydroxyl groups excluding tert-OH is 1. The molecule has 27 heavy (non-hydrogen) atoms. The molecule has 1 saturated heterocycles. The first-order chi connectivity index (χ1) is 12.8. The number of carbonyl (C=O) groups excluding carboxylic acids is 1. The molecule has 0 saturated carbocycles. The van der Waals surface area contributed by atoms with Crippen molar-refractivity contribution in [2.45, 2.75) is 44.8 Å². The van der Waals surface area contributed by atoms with E-state index < -0.39 is 11.7 Å². The minimum absolute atomic E-state index is 0.0373. The molecule has 2 heterocycles. The van der Waals surface area contributed by atoms with Crippen LogP contribution in [0.4, 0.5) is 0 Å². The van der Waals surface area contributed by atoms with E-state index in [2.05, 4.69) is 0 Å². The van der Waals surface area contributed by atoms with Crippen molar-refractivity contribution in [2.75, 3.05) is 0 Å². The van der Waals surface area contributed by atoms with Crippen LogP contribution in [0, 0.1) is 0 Å². The number of aliphatic hydroxyl groups is 1. The summed E-state index contributed by atoms with van der Waals surface area (Å²) < 4.78 is 5.79. The molecule has 0 aromatic heterocycles. The Kier molecular flexibility index (Phi) is 4.58. The van der Waals surface area contributed by atoms with Crippen molar-refractivity contribution in [3.05, 3.63) is 63.3 Å². The fraction of sp³-hybridized carbons (Fsp3) is 0.318. The molecule has 0 aliphatic carbocycles. The quantitative estimate of drug-likeness (QED) is 0.683. The van der Waals surface area contributed by atoms with Gasteiger partial charge in [-0.3, -0.25) is 4.79 Å². The van der Waals surface area contributed by atoms with E-state index >= 15 is 0 Å². The highest BCUT2D eigenvalue weighted by atomic mass is 35.5. The lowest BCUT2D eigenvalue weighted by atomic mass is 9.86. The number of aryl methyl sites for hydroxylation is 1. The van der Waals surface area contributed by atoms with Crippen LogP contribution in [0.3, 0.4) is 0 Å². The number of carbonyl (C=O) groups is 1. The molecule has 140 valence electrons. The smallest absolute Gasteiger partial charge is 0.195 e. The molecule has 4 rings (SSSR count). The number of hydrogen-bond acceptors (Lipinski definition) is 3. The third-order valence-corrected chi connectivity index (χ3v) is 6.11. The Balaban J connectivity index is 1.91. The van der Waals surface area contributed by atoms with Crippen LogP contribution in [0.5, 0.6) is 0 Å². The lowest BCUT2D eigenvalue weighted by Gasteiger charge is -2.31. The van der Waals surface area contributed by atoms with Gasteiger partial charge >= 0.3 is 0 Å². The molecule has 0 radical (unpaired) electrons. The standard InChI is InChI=1S/C22H20Cl2O3/c1-3-12-4-5-13(15-7-6-14(23)11-17(15)24)10-16(12)19-20(25)18-8-9-22(2,27-18)21(19)26/h4-7,10-11,18,26H,3,8-9H2,1-2H3. The summed E-state index contributed by atoms with van der Waals surface area (Å²) in [5, 5.41) is 12.0. The maximum Gasteiger partial charge on any atom is 0.195 e. The van der Waals surface area contributed by atoms with Crippen LogP contribution in [0.25, 0.3) is 16.7 Å². The number of benzene rings is 2. The molecule has 2 unspecified atom stereocenters. The zero-order valence-corrected chi connectivity index (χ0v) is 16.7. The van der Waals surface area contributed by atoms with Crippen molar-refractivity contribution in [2.24, 2.45) is 0 Å². The molecular formula is C22H20Cl2O3. The highest BCUT2D eigenvalue weighted by Crippen LogP contribution is 2.46. The highest BCUT2D eigenvalue weighted by molar-refractivity contribution is 6.36. The van der Waals surface area contributed by atoms with Crippen molar-refractivity contribution in [3.63, 3.8) is 0 Å². The Bertz CT molecular complexity index is 980. The number of rotatable bonds is 3. The minimum Gasteiger partial charge on any atom is -0.508 e. The molecule has 0 spiro atoms. The summed E-state index contributed by atoms with van der Waals surface area (Å²) in [6, 6.07) is 11.3. The molecule has 1 fully saturated rings. The van der Waals surface area contributed by atoms with E-state index in [0.29, 0.717) is 28.5 Å². The normalized spacial score (nSPS) is 24.6. The first kappa shape index (κ1) is 18.5. The second-order valence-corrected chi connectivity index (χ2v) is 8.16. The summed E-state index contributed by atoms with van der Waals surface area (Å²) in [4.78, 5) is 13.0. The van der Waals surface area contributed by atoms with Gasteiger partial charge in [0.15, 0.2) is 5.78 Å². The van der Waals surface area contributed by atoms with Crippen LogP contribution < -0.4 is 0 Å². The van der Waals surface area contributed by atoms with E-state index in [1.165, 1.54) is 0 Å². The molecule has 3 nitrogen and oxygen atoms in total. The molecule has 2 aliphatic heterocycles. The second kappa shape index (κ2) is 6.66. The van der Waals surface area contributed by atoms with E-state index in [4.69, 9.17) is 27.9 Å². The van der Waals surface area contributed by atoms with Crippen molar-refractivity contribution in [3.8, 4) is 11.1 Å². The Morgan fingerprint density at radius 3 is 2.67 bits per heavy atom. The van der Waals surface area contributed by atoms with E-state index in [0.717, 1.165) is 28.7 Å². The number of ketones is 1. The Morgan fingerprint density at radius 1 is 1.19 bits per heavy atom. The number of halogens is 2. The van der Waals surface area contributed by atoms with Crippen molar-refractivity contribution >= 4 is 34.6 Å². The van der Waals surface area contributed by atoms with Gasteiger partial charge in [-0.15, -0.1) is 0 Å². The summed E-state index contributed by atoms with van der Waals surface area (Å²) in [5.41, 5.74) is 3.07. The van der Waals surface area contributed by atoms with Crippen LogP contribution >= 0.6 is 23.2 Å². The molecule has 2 aromatic rings. The topological polar surface area (TPSA) is 46.5 Å². The predicted molar refractivity (Wildman–Crippen MR) is 108 cm³/mol. The summed E-state index contributed by atoms with van der Waals surface area (Å²) in [6.45, 7) is 3.88. The molecule has 2 aromatic carbocycles. The van der Waals surface area contributed by atoms with E-state index in [1.807, 2.05) is 38.1 Å². The van der Waals surface area contributed by atoms with Gasteiger partial charge in [-0.2, -0.15) is 0 Å². The Morgan fingerprint density at radius 2 is 1.96 bits per heavy atom. The third-order valence-electron chi connectivity index (χ3n) is 5.56. The third kappa shape index (κ3) is 2.98. The SMILES string of the molecule is CCc1ccc(-c2ccc(Cl)cc2Cl)cc1C1=C(O)C2(C)CCC(O2)C1=O. The monoisotopic (exact) mass is 402 g/mol. The average Bonchev–Trinajstić information content (AvgIpc) is 3.01. The molecule has 2 bridgehead atoms. The van der Waals surface area contributed by atoms with Gasteiger partial charge in [0, 0.05) is 15.6 Å². The molecule has 5 heteroatoms. The van der Waals surface area contributed by atoms with Gasteiger partial charge in [0.05, 0.1) is 5.57 Å². The first-order valence-corrected chi connectivity index (χ1v) is 9.84. The summed E-state index contributed by atoms with van der Waals surface area (Å²) in [5.74, 6) is -0.105. The van der Waals surface area contributed by atoms with Gasteiger partial charge in [-0.05, 0) is 61.1 Å². The maximum atomic E-state index is 13.0. The van der Waals surface area contributed by atoms with Gasteiger partial charge < -0.3 is 9.84 Å². The zero-order valence-electron chi connectivity index (χ0n) is 15.2. The van der Waals surface area contributed by atoms with Crippen LogP contribution in [0.1, 0.15) is 37.8 Å². The molecule has 1 N–H and O–H groups in total. The lowest BCUT2D eigenvalue weighted by Crippen LogP contribution is -2.37. The number of fused-ring (bicyclic) bond motifs is 2. The van der Waals surface area contributed by atoms with Crippen molar-refractivity contribution in [1.82, 2.24) is 0 Å². The van der Waals surface area contributed by atoms with Crippen LogP contribution in [0.15, 0.2) is 42.2 Å². The van der Waals surface area contributed by atoms with Crippen molar-refractivity contribution < 1.29 is 14.6 Å². The number of ether oxygens (including phenoxy) is 1. The fourth-order valence-corrected chi connectivity index (χ4v) is 4.53. The van der Waals surface area contributed by atoms with Crippen LogP contribution in [-0.2, 0) is 16.0 Å². The van der Waals surface area contributed by atoms with Crippen LogP contribution in [-0.4, -0.2) is 22.6 Å². The molecule has 0 amide bonds. The lowest BCUT2D eigenvalue weighted by molar-refractivity contribution is -0.130. The number of Topliss-reactive ketones (excluding diaryl/α,β-unsaturated/α-hetero) is 1. The van der Waals surface area contributed by atoms with E-state index in [9.17, 15) is 9.90 Å². The summed E-state index contributed by atoms with van der Waals surface area (Å²) >= 11 is 12.4. The average molecular weight is 403 g/mol. The summed E-state index contributed by atoms with van der Waals surface area (Å²) in [6.07, 6.45) is 1.54. The Labute approximate surface area is 168 Å². The van der Waals surface area contributed by atoms with Crippen LogP contribution in [0.2, 0.25) is 10.0 Å². The zero-order chi connectivity index (χ0) is 19.3. The van der Waals surface area contributed by atoms with Crippen molar-refractivity contribution in [1.29, 1.82) is 0 Å². The van der Waals surface area contributed by atoms with E-state index in [1.54, 1.807) is 12.1 Å². The van der Waals surface area contributed by atoms with Gasteiger partial charge in [0.25, 0.3) is 0 Å². The van der Waals surface area contributed by atoms with Gasteiger partial charge in [0.1, 0.15) is 17.5 Å². The second-order valence-electron chi connectivity index (χ2n) is 7.31. The van der Waals surface area contributed by atoms with Gasteiger partial charge in [-0.25, -0.2) is 0 Å². The molecule has 2 atom stereocenters. The van der Waals surface area contributed by atoms with Gasteiger partial charge in [-0.1, -0.05) is 48.3 Å². The summed E-state index contributed by atoms with van der Waals surface area (Å²) in [7, 11) is 0. The Hall–Kier alpha value is -1.81. The molecular weight excluding hydrogens is 383 g/mol. The van der Waals surface area contributed by atoms with Gasteiger partial charge in [0.2, 0.25) is 0 Å². The minimum atomic E-state index is -0.785. The van der Waals surface area contributed by atoms with E-state index in [-0.39, 0.29) is 11.5 Å². The first-order valence-electron chi connectivity index (χ1n) is 9.08.